The van der Waals surface area contributed by atoms with Crippen LogP contribution in [0.1, 0.15) is 17.2 Å². The molecule has 2 aromatic carbocycles. The van der Waals surface area contributed by atoms with E-state index in [1.54, 1.807) is 0 Å². The van der Waals surface area contributed by atoms with Gasteiger partial charge in [-0.05, 0) is 16.5 Å². The molecule has 2 nitrogen and oxygen atoms in total. The Kier molecular flexibility index (Phi) is 2.79. The Bertz CT molecular complexity index is 657. The smallest absolute Gasteiger partial charge is 0.0573 e. The van der Waals surface area contributed by atoms with Crippen LogP contribution in [-0.2, 0) is 0 Å². The van der Waals surface area contributed by atoms with Crippen LogP contribution >= 0.6 is 0 Å². The number of nitrogens with zero attached hydrogens (tertiary/aromatic N) is 1. The Morgan fingerprint density at radius 3 is 2.39 bits per heavy atom. The Labute approximate surface area is 106 Å². The van der Waals surface area contributed by atoms with Gasteiger partial charge in [0.05, 0.1) is 6.04 Å². The fraction of sp³-hybridized carbons (Fsp3) is 0.0625. The number of nitrogens with two attached hydrogens (primary N) is 1. The second-order valence-electron chi connectivity index (χ2n) is 4.34. The van der Waals surface area contributed by atoms with E-state index in [4.69, 9.17) is 5.73 Å². The number of hydrogen-bond donors (Lipinski definition) is 1. The summed E-state index contributed by atoms with van der Waals surface area (Å²) in [6.07, 6.45) is 3.73. The van der Waals surface area contributed by atoms with Gasteiger partial charge in [-0.3, -0.25) is 4.98 Å². The Balaban J connectivity index is 2.15. The third-order valence-corrected chi connectivity index (χ3v) is 3.19. The minimum atomic E-state index is -0.134. The van der Waals surface area contributed by atoms with Crippen LogP contribution in [0.3, 0.4) is 0 Å². The van der Waals surface area contributed by atoms with E-state index in [-0.39, 0.29) is 6.04 Å². The van der Waals surface area contributed by atoms with Gasteiger partial charge in [0.2, 0.25) is 0 Å². The number of fused-ring (bicyclic) bond motifs is 1. The average molecular weight is 234 g/mol. The number of rotatable bonds is 2. The number of pyridine rings is 1. The Morgan fingerprint density at radius 1 is 0.833 bits per heavy atom. The first-order chi connectivity index (χ1) is 8.86. The van der Waals surface area contributed by atoms with Crippen LogP contribution in [0.2, 0.25) is 0 Å². The highest BCUT2D eigenvalue weighted by molar-refractivity contribution is 5.85. The van der Waals surface area contributed by atoms with Crippen molar-refractivity contribution in [2.45, 2.75) is 6.04 Å². The standard InChI is InChI=1S/C16H14N2/c17-16(12-6-2-1-3-7-12)15-11-18-10-13-8-4-5-9-14(13)15/h1-11,16H,17H2. The minimum Gasteiger partial charge on any atom is -0.320 e. The topological polar surface area (TPSA) is 38.9 Å². The van der Waals surface area contributed by atoms with Crippen molar-refractivity contribution in [1.29, 1.82) is 0 Å². The van der Waals surface area contributed by atoms with Crippen LogP contribution in [-0.4, -0.2) is 4.98 Å². The molecule has 0 fully saturated rings. The van der Waals surface area contributed by atoms with Crippen LogP contribution in [0, 0.1) is 0 Å². The molecule has 1 aromatic heterocycles. The van der Waals surface area contributed by atoms with E-state index < -0.39 is 0 Å². The maximum absolute atomic E-state index is 6.34. The lowest BCUT2D eigenvalue weighted by Gasteiger charge is -2.14. The highest BCUT2D eigenvalue weighted by Gasteiger charge is 2.11. The van der Waals surface area contributed by atoms with Crippen LogP contribution in [0.5, 0.6) is 0 Å². The lowest BCUT2D eigenvalue weighted by molar-refractivity contribution is 0.873. The van der Waals surface area contributed by atoms with E-state index in [0.29, 0.717) is 0 Å². The molecule has 0 aliphatic heterocycles. The van der Waals surface area contributed by atoms with Crippen molar-refractivity contribution in [1.82, 2.24) is 4.98 Å². The molecule has 0 radical (unpaired) electrons. The predicted molar refractivity (Wildman–Crippen MR) is 74.2 cm³/mol. The zero-order valence-electron chi connectivity index (χ0n) is 9.95. The fourth-order valence-electron chi connectivity index (χ4n) is 2.23. The van der Waals surface area contributed by atoms with Crippen LogP contribution in [0.4, 0.5) is 0 Å². The molecule has 88 valence electrons. The van der Waals surface area contributed by atoms with Crippen LogP contribution in [0.15, 0.2) is 67.0 Å². The molecule has 1 unspecified atom stereocenters. The first-order valence-electron chi connectivity index (χ1n) is 5.99. The molecular weight excluding hydrogens is 220 g/mol. The third kappa shape index (κ3) is 1.87. The van der Waals surface area contributed by atoms with Crippen molar-refractivity contribution in [2.75, 3.05) is 0 Å². The first kappa shape index (κ1) is 10.9. The summed E-state index contributed by atoms with van der Waals surface area (Å²) in [5.41, 5.74) is 8.52. The van der Waals surface area contributed by atoms with Crippen molar-refractivity contribution in [3.8, 4) is 0 Å². The summed E-state index contributed by atoms with van der Waals surface area (Å²) in [5.74, 6) is 0. The van der Waals surface area contributed by atoms with Gasteiger partial charge in [-0.2, -0.15) is 0 Å². The fourth-order valence-corrected chi connectivity index (χ4v) is 2.23. The van der Waals surface area contributed by atoms with Gasteiger partial charge in [-0.15, -0.1) is 0 Å². The molecule has 0 saturated carbocycles. The molecule has 0 saturated heterocycles. The highest BCUT2D eigenvalue weighted by Crippen LogP contribution is 2.25. The lowest BCUT2D eigenvalue weighted by atomic mass is 9.97. The maximum Gasteiger partial charge on any atom is 0.0573 e. The molecule has 0 aliphatic rings. The second kappa shape index (κ2) is 4.59. The molecule has 0 aliphatic carbocycles. The zero-order valence-corrected chi connectivity index (χ0v) is 9.95. The van der Waals surface area contributed by atoms with Crippen molar-refractivity contribution in [3.63, 3.8) is 0 Å². The molecule has 0 spiro atoms. The summed E-state index contributed by atoms with van der Waals surface area (Å²) in [5, 5.41) is 2.30. The quantitative estimate of drug-likeness (QED) is 0.739. The third-order valence-electron chi connectivity index (χ3n) is 3.19. The van der Waals surface area contributed by atoms with Crippen molar-refractivity contribution in [2.24, 2.45) is 5.73 Å². The second-order valence-corrected chi connectivity index (χ2v) is 4.34. The van der Waals surface area contributed by atoms with Gasteiger partial charge in [0.1, 0.15) is 0 Å². The molecule has 1 heterocycles. The Morgan fingerprint density at radius 2 is 1.56 bits per heavy atom. The normalized spacial score (nSPS) is 12.5. The van der Waals surface area contributed by atoms with Crippen molar-refractivity contribution >= 4 is 10.8 Å². The van der Waals surface area contributed by atoms with Gasteiger partial charge in [0, 0.05) is 17.8 Å². The summed E-state index contributed by atoms with van der Waals surface area (Å²) in [4.78, 5) is 4.28. The van der Waals surface area contributed by atoms with Gasteiger partial charge < -0.3 is 5.73 Å². The molecule has 0 bridgehead atoms. The predicted octanol–water partition coefficient (Wildman–Crippen LogP) is 3.28. The minimum absolute atomic E-state index is 0.134. The van der Waals surface area contributed by atoms with E-state index in [1.807, 2.05) is 54.9 Å². The van der Waals surface area contributed by atoms with Crippen molar-refractivity contribution < 1.29 is 0 Å². The summed E-state index contributed by atoms with van der Waals surface area (Å²) in [7, 11) is 0. The molecule has 2 N–H and O–H groups in total. The van der Waals surface area contributed by atoms with E-state index in [2.05, 4.69) is 17.1 Å². The molecule has 0 amide bonds. The molecule has 1 atom stereocenters. The first-order valence-corrected chi connectivity index (χ1v) is 5.99. The van der Waals surface area contributed by atoms with E-state index in [1.165, 1.54) is 5.39 Å². The molecule has 18 heavy (non-hydrogen) atoms. The van der Waals surface area contributed by atoms with Gasteiger partial charge >= 0.3 is 0 Å². The van der Waals surface area contributed by atoms with E-state index in [0.717, 1.165) is 16.5 Å². The number of benzene rings is 2. The van der Waals surface area contributed by atoms with Crippen LogP contribution < -0.4 is 5.73 Å². The average Bonchev–Trinajstić information content (AvgIpc) is 2.47. The molecular formula is C16H14N2. The summed E-state index contributed by atoms with van der Waals surface area (Å²) >= 11 is 0. The summed E-state index contributed by atoms with van der Waals surface area (Å²) < 4.78 is 0. The van der Waals surface area contributed by atoms with Gasteiger partial charge in [-0.25, -0.2) is 0 Å². The van der Waals surface area contributed by atoms with Gasteiger partial charge in [-0.1, -0.05) is 54.6 Å². The lowest BCUT2D eigenvalue weighted by Crippen LogP contribution is -2.12. The van der Waals surface area contributed by atoms with Crippen molar-refractivity contribution in [3.05, 3.63) is 78.1 Å². The van der Waals surface area contributed by atoms with E-state index in [9.17, 15) is 0 Å². The monoisotopic (exact) mass is 234 g/mol. The largest absolute Gasteiger partial charge is 0.320 e. The van der Waals surface area contributed by atoms with Crippen LogP contribution in [0.25, 0.3) is 10.8 Å². The van der Waals surface area contributed by atoms with Gasteiger partial charge in [0.15, 0.2) is 0 Å². The van der Waals surface area contributed by atoms with Gasteiger partial charge in [0.25, 0.3) is 0 Å². The molecule has 3 rings (SSSR count). The molecule has 2 heteroatoms. The molecule has 3 aromatic rings. The highest BCUT2D eigenvalue weighted by atomic mass is 14.7. The Hall–Kier alpha value is -2.19. The summed E-state index contributed by atoms with van der Waals surface area (Å²) in [6.45, 7) is 0. The SMILES string of the molecule is NC(c1ccccc1)c1cncc2ccccc12. The maximum atomic E-state index is 6.34. The van der Waals surface area contributed by atoms with E-state index >= 15 is 0 Å². The number of hydrogen-bond acceptors (Lipinski definition) is 2. The number of aromatic nitrogens is 1. The summed E-state index contributed by atoms with van der Waals surface area (Å²) in [6, 6.07) is 18.2. The zero-order chi connectivity index (χ0) is 12.4.